The number of imidazole rings is 2. The number of anilines is 2. The summed E-state index contributed by atoms with van der Waals surface area (Å²) >= 11 is 8.66. The van der Waals surface area contributed by atoms with E-state index >= 15 is 0 Å². The third-order valence-corrected chi connectivity index (χ3v) is 14.4. The van der Waals surface area contributed by atoms with Gasteiger partial charge in [-0.1, -0.05) is 67.8 Å². The number of aromatic nitrogens is 8. The van der Waals surface area contributed by atoms with Gasteiger partial charge in [-0.15, -0.1) is 0 Å². The Morgan fingerprint density at radius 2 is 1.25 bits per heavy atom. The van der Waals surface area contributed by atoms with E-state index in [0.717, 1.165) is 0 Å². The normalized spacial score (nSPS) is 33.0. The summed E-state index contributed by atoms with van der Waals surface area (Å²) in [7, 11) is 0. The van der Waals surface area contributed by atoms with E-state index in [1.54, 1.807) is 67.6 Å². The molecular weight excluding hydrogens is 903 g/mol. The Bertz CT molecular complexity index is 2850. The van der Waals surface area contributed by atoms with Crippen LogP contribution in [0.5, 0.6) is 0 Å². The van der Waals surface area contributed by atoms with Crippen molar-refractivity contribution in [1.29, 1.82) is 0 Å². The van der Waals surface area contributed by atoms with Gasteiger partial charge < -0.3 is 30.0 Å². The van der Waals surface area contributed by atoms with Crippen LogP contribution in [0.2, 0.25) is 0 Å². The van der Waals surface area contributed by atoms with Crippen molar-refractivity contribution in [2.45, 2.75) is 61.4 Å². The summed E-state index contributed by atoms with van der Waals surface area (Å²) in [5, 5.41) is 17.5. The Kier molecular flexibility index (Phi) is 10.8. The molecule has 0 unspecified atom stereocenters. The molecule has 4 saturated heterocycles. The van der Waals surface area contributed by atoms with Crippen molar-refractivity contribution in [3.8, 4) is 0 Å². The van der Waals surface area contributed by atoms with Gasteiger partial charge in [0.25, 0.3) is 11.8 Å². The van der Waals surface area contributed by atoms with Gasteiger partial charge >= 0.3 is 13.6 Å². The van der Waals surface area contributed by atoms with Crippen LogP contribution in [-0.2, 0) is 41.4 Å². The molecule has 22 nitrogen and oxygen atoms in total. The summed E-state index contributed by atoms with van der Waals surface area (Å²) in [6.45, 7) is -8.41. The molecule has 0 spiro atoms. The average Bonchev–Trinajstić information content (AvgIpc) is 4.10. The van der Waals surface area contributed by atoms with Crippen molar-refractivity contribution >= 4 is 83.9 Å². The summed E-state index contributed by atoms with van der Waals surface area (Å²) in [6.07, 6.45) is -2.45. The molecule has 63 heavy (non-hydrogen) atoms. The Morgan fingerprint density at radius 1 is 0.730 bits per heavy atom. The smallest absolute Gasteiger partial charge is 0.386 e. The highest BCUT2D eigenvalue weighted by Crippen LogP contribution is 2.64. The van der Waals surface area contributed by atoms with Crippen LogP contribution >= 0.6 is 38.1 Å². The molecule has 10 atom stereocenters. The van der Waals surface area contributed by atoms with Gasteiger partial charge in [0, 0.05) is 11.1 Å². The molecule has 3 N–H and O–H groups in total. The van der Waals surface area contributed by atoms with Crippen LogP contribution in [0.1, 0.15) is 46.5 Å². The fourth-order valence-corrected chi connectivity index (χ4v) is 11.2. The number of hydrogen-bond donors (Lipinski definition) is 5. The van der Waals surface area contributed by atoms with E-state index < -0.39 is 86.7 Å². The van der Waals surface area contributed by atoms with E-state index in [0.29, 0.717) is 11.1 Å². The van der Waals surface area contributed by atoms with Crippen LogP contribution in [-0.4, -0.2) is 111 Å². The first-order valence-electron chi connectivity index (χ1n) is 19.3. The number of aliphatic hydroxyl groups excluding tert-OH is 1. The van der Waals surface area contributed by atoms with Crippen molar-refractivity contribution in [3.05, 3.63) is 97.1 Å². The number of benzene rings is 2. The molecule has 10 rings (SSSR count). The molecule has 2 aromatic carbocycles. The summed E-state index contributed by atoms with van der Waals surface area (Å²) in [4.78, 5) is 52.0. The number of carbonyl (C=O) groups excluding carboxylic acids is 2. The highest BCUT2D eigenvalue weighted by Gasteiger charge is 2.66. The number of aliphatic hydroxyl groups is 1. The number of fused-ring (bicyclic) bond motifs is 3. The van der Waals surface area contributed by atoms with Crippen molar-refractivity contribution in [3.63, 3.8) is 0 Å². The lowest BCUT2D eigenvalue weighted by Gasteiger charge is -2.37. The second-order valence-corrected chi connectivity index (χ2v) is 20.8. The fraction of sp³-hybridized carbons (Fsp3) is 0.351. The maximum absolute atomic E-state index is 14.3. The molecule has 2 bridgehead atoms. The van der Waals surface area contributed by atoms with Crippen molar-refractivity contribution in [1.82, 2.24) is 39.0 Å². The largest absolute Gasteiger partial charge is 0.386 e. The lowest BCUT2D eigenvalue weighted by molar-refractivity contribution is -0.183. The molecule has 8 heterocycles. The average molecular weight is 939 g/mol. The van der Waals surface area contributed by atoms with Gasteiger partial charge in [-0.2, -0.15) is 0 Å². The summed E-state index contributed by atoms with van der Waals surface area (Å²) in [6, 6.07) is 17.1. The zero-order valence-electron chi connectivity index (χ0n) is 32.7. The van der Waals surface area contributed by atoms with E-state index in [4.69, 9.17) is 32.3 Å². The molecule has 4 aliphatic heterocycles. The molecule has 4 aliphatic rings. The molecule has 328 valence electrons. The Balaban J connectivity index is 0.922. The van der Waals surface area contributed by atoms with Gasteiger partial charge in [0.2, 0.25) is 0 Å². The van der Waals surface area contributed by atoms with Crippen LogP contribution in [0.3, 0.4) is 0 Å². The molecule has 4 fully saturated rings. The van der Waals surface area contributed by atoms with Crippen molar-refractivity contribution < 1.29 is 56.1 Å². The minimum absolute atomic E-state index is 0.0421. The van der Waals surface area contributed by atoms with Crippen LogP contribution in [0.25, 0.3) is 22.3 Å². The number of rotatable bonds is 7. The van der Waals surface area contributed by atoms with E-state index in [2.05, 4.69) is 65.0 Å². The first-order valence-corrected chi connectivity index (χ1v) is 24.7. The minimum Gasteiger partial charge on any atom is -0.386 e. The monoisotopic (exact) mass is 938 g/mol. The fourth-order valence-electron chi connectivity index (χ4n) is 8.12. The number of ether oxygens (including phenoxy) is 3. The van der Waals surface area contributed by atoms with Crippen LogP contribution < -0.4 is 10.6 Å². The summed E-state index contributed by atoms with van der Waals surface area (Å²) < 4.78 is 74.7. The Morgan fingerprint density at radius 3 is 1.81 bits per heavy atom. The van der Waals surface area contributed by atoms with Gasteiger partial charge in [0.1, 0.15) is 48.3 Å². The topological polar surface area (TPSA) is 264 Å². The predicted octanol–water partition coefficient (Wildman–Crippen LogP) is 4.77. The quantitative estimate of drug-likeness (QED) is 0.107. The maximum atomic E-state index is 14.3. The van der Waals surface area contributed by atoms with Crippen LogP contribution in [0.15, 0.2) is 86.0 Å². The highest BCUT2D eigenvalue weighted by atomic mass is 32.7. The van der Waals surface area contributed by atoms with Crippen molar-refractivity contribution in [2.24, 2.45) is 0 Å². The SMILES string of the molecule is CC[C@@]12CO[P@@](=O)(S)O[C@H]3[C@H]4OC[C@]3(CO[P@](=O)(S)O[C@H]1[C@@H](O)[C@H](n1cnc3c(NC(=O)c5ccccc5)ncnc31)O2)O[C@H]4n1cnc2c(NC(=O)c3ccccc3)ncnc21. The van der Waals surface area contributed by atoms with E-state index in [9.17, 15) is 23.8 Å². The van der Waals surface area contributed by atoms with E-state index in [1.165, 1.54) is 34.4 Å². The molecule has 0 saturated carbocycles. The molecule has 26 heteroatoms. The minimum atomic E-state index is -4.45. The number of thiol groups is 2. The van der Waals surface area contributed by atoms with Gasteiger partial charge in [-0.05, 0) is 30.7 Å². The lowest BCUT2D eigenvalue weighted by Crippen LogP contribution is -2.49. The first-order chi connectivity index (χ1) is 30.3. The maximum Gasteiger partial charge on any atom is 0.386 e. The number of hydrogen-bond acceptors (Lipinski definition) is 18. The Labute approximate surface area is 366 Å². The summed E-state index contributed by atoms with van der Waals surface area (Å²) in [5.74, 6) is -0.623. The van der Waals surface area contributed by atoms with Crippen molar-refractivity contribution in [2.75, 3.05) is 30.5 Å². The number of nitrogens with zero attached hydrogens (tertiary/aromatic N) is 8. The predicted molar refractivity (Wildman–Crippen MR) is 226 cm³/mol. The zero-order chi connectivity index (χ0) is 43.7. The van der Waals surface area contributed by atoms with Gasteiger partial charge in [-0.3, -0.25) is 36.8 Å². The van der Waals surface area contributed by atoms with Gasteiger partial charge in [0.05, 0.1) is 32.5 Å². The van der Waals surface area contributed by atoms with E-state index in [1.807, 2.05) is 0 Å². The molecule has 2 amide bonds. The zero-order valence-corrected chi connectivity index (χ0v) is 36.3. The standard InChI is InChI=1S/C37H36N10O12P2S2/c1-2-36-14-54-61(52,63)59-27-25-35(47-19-43-23-29(39-17-41-31(23)47)45-33(50)21-11-7-4-8-12-21)57-37(27,13-53-25)15-55-60(51,62)58-26(36)24(48)34(56-36)46-18-42-22-28(38-16-40-30(22)46)44-32(49)20-9-5-3-6-10-20/h3-12,16-19,24-27,34-35,48H,2,13-15H2,1H3,(H,51,62)(H,52,63)(H,38,40,44,49)(H,39,41,45,50)/t24-,25-,26+,27+,34-,35-,36-,37-,60+,61-/m1/s1. The molecule has 0 radical (unpaired) electrons. The molecule has 0 aliphatic carbocycles. The molecular formula is C37H36N10O12P2S2. The molecule has 6 aromatic rings. The number of nitrogens with one attached hydrogen (secondary N) is 2. The second kappa shape index (κ2) is 16.1. The van der Waals surface area contributed by atoms with Crippen LogP contribution in [0.4, 0.5) is 11.6 Å². The van der Waals surface area contributed by atoms with E-state index in [-0.39, 0.29) is 47.0 Å². The molecule has 4 aromatic heterocycles. The van der Waals surface area contributed by atoms with Gasteiger partial charge in [-0.25, -0.2) is 39.0 Å². The number of amides is 2. The summed E-state index contributed by atoms with van der Waals surface area (Å²) in [5.41, 5.74) is -1.66. The third-order valence-electron chi connectivity index (χ3n) is 11.3. The lowest BCUT2D eigenvalue weighted by atomic mass is 9.93. The first kappa shape index (κ1) is 42.3. The van der Waals surface area contributed by atoms with Gasteiger partial charge in [0.15, 0.2) is 46.4 Å². The third kappa shape index (κ3) is 7.56. The Hall–Kier alpha value is -4.68. The highest BCUT2D eigenvalue weighted by molar-refractivity contribution is 8.44. The second-order valence-electron chi connectivity index (χ2n) is 15.0. The van der Waals surface area contributed by atoms with Crippen LogP contribution in [0, 0.1) is 0 Å². The number of carbonyl (C=O) groups is 2.